The van der Waals surface area contributed by atoms with Gasteiger partial charge in [-0.15, -0.1) is 0 Å². The van der Waals surface area contributed by atoms with Crippen LogP contribution < -0.4 is 5.73 Å². The number of amides is 2. The standard InChI is InChI=1S/C18H31N3O3/c19-18(23)16-7-4-10-21(16)14-8-11-20(12-9-14)17(22)13-24-15-5-2-1-3-6-15/h14-16H,1-13H2,(H2,19,23)/t16-/m0/s1. The van der Waals surface area contributed by atoms with Gasteiger partial charge >= 0.3 is 0 Å². The van der Waals surface area contributed by atoms with Gasteiger partial charge in [-0.2, -0.15) is 0 Å². The molecule has 1 saturated carbocycles. The Bertz CT molecular complexity index is 443. The molecule has 0 unspecified atom stereocenters. The molecular formula is C18H31N3O3. The molecule has 0 bridgehead atoms. The third kappa shape index (κ3) is 4.28. The molecule has 3 aliphatic rings. The fourth-order valence-electron chi connectivity index (χ4n) is 4.49. The Kier molecular flexibility index (Phi) is 6.11. The number of carbonyl (C=O) groups excluding carboxylic acids is 2. The Labute approximate surface area is 144 Å². The lowest BCUT2D eigenvalue weighted by atomic mass is 9.98. The van der Waals surface area contributed by atoms with E-state index >= 15 is 0 Å². The molecule has 2 N–H and O–H groups in total. The number of primary amides is 1. The van der Waals surface area contributed by atoms with Crippen LogP contribution in [0.25, 0.3) is 0 Å². The quantitative estimate of drug-likeness (QED) is 0.820. The molecule has 0 radical (unpaired) electrons. The van der Waals surface area contributed by atoms with Crippen LogP contribution in [-0.4, -0.2) is 66.0 Å². The van der Waals surface area contributed by atoms with Crippen molar-refractivity contribution in [2.75, 3.05) is 26.2 Å². The lowest BCUT2D eigenvalue weighted by Crippen LogP contribution is -2.51. The smallest absolute Gasteiger partial charge is 0.248 e. The van der Waals surface area contributed by atoms with E-state index in [1.54, 1.807) is 0 Å². The summed E-state index contributed by atoms with van der Waals surface area (Å²) in [6.07, 6.45) is 9.99. The van der Waals surface area contributed by atoms with Crippen LogP contribution in [0, 0.1) is 0 Å². The van der Waals surface area contributed by atoms with Crippen molar-refractivity contribution < 1.29 is 14.3 Å². The number of ether oxygens (including phenoxy) is 1. The molecular weight excluding hydrogens is 306 g/mol. The van der Waals surface area contributed by atoms with E-state index in [9.17, 15) is 9.59 Å². The second-order valence-corrected chi connectivity index (χ2v) is 7.48. The van der Waals surface area contributed by atoms with Gasteiger partial charge in [0.2, 0.25) is 11.8 Å². The predicted molar refractivity (Wildman–Crippen MR) is 91.3 cm³/mol. The van der Waals surface area contributed by atoms with Crippen molar-refractivity contribution in [3.05, 3.63) is 0 Å². The van der Waals surface area contributed by atoms with Gasteiger partial charge < -0.3 is 15.4 Å². The van der Waals surface area contributed by atoms with Crippen LogP contribution in [-0.2, 0) is 14.3 Å². The van der Waals surface area contributed by atoms with Crippen molar-refractivity contribution in [3.63, 3.8) is 0 Å². The fourth-order valence-corrected chi connectivity index (χ4v) is 4.49. The maximum Gasteiger partial charge on any atom is 0.248 e. The Morgan fingerprint density at radius 1 is 0.917 bits per heavy atom. The lowest BCUT2D eigenvalue weighted by Gasteiger charge is -2.38. The Hall–Kier alpha value is -1.14. The van der Waals surface area contributed by atoms with Gasteiger partial charge in [-0.05, 0) is 45.1 Å². The number of hydrogen-bond donors (Lipinski definition) is 1. The number of carbonyl (C=O) groups is 2. The van der Waals surface area contributed by atoms with Crippen LogP contribution in [0.15, 0.2) is 0 Å². The Morgan fingerprint density at radius 2 is 1.62 bits per heavy atom. The third-order valence-corrected chi connectivity index (χ3v) is 5.90. The molecule has 6 heteroatoms. The van der Waals surface area contributed by atoms with Gasteiger partial charge in [0, 0.05) is 19.1 Å². The highest BCUT2D eigenvalue weighted by atomic mass is 16.5. The molecule has 1 aliphatic carbocycles. The molecule has 24 heavy (non-hydrogen) atoms. The van der Waals surface area contributed by atoms with Gasteiger partial charge in [0.25, 0.3) is 0 Å². The summed E-state index contributed by atoms with van der Waals surface area (Å²) in [5, 5.41) is 0. The first kappa shape index (κ1) is 17.7. The van der Waals surface area contributed by atoms with Crippen molar-refractivity contribution in [1.29, 1.82) is 0 Å². The van der Waals surface area contributed by atoms with Gasteiger partial charge in [-0.3, -0.25) is 14.5 Å². The molecule has 3 fully saturated rings. The van der Waals surface area contributed by atoms with E-state index in [-0.39, 0.29) is 30.6 Å². The zero-order chi connectivity index (χ0) is 16.9. The molecule has 6 nitrogen and oxygen atoms in total. The highest BCUT2D eigenvalue weighted by Crippen LogP contribution is 2.26. The van der Waals surface area contributed by atoms with Gasteiger partial charge in [0.15, 0.2) is 0 Å². The van der Waals surface area contributed by atoms with Crippen LogP contribution in [0.5, 0.6) is 0 Å². The van der Waals surface area contributed by atoms with Crippen LogP contribution in [0.1, 0.15) is 57.8 Å². The molecule has 0 aromatic carbocycles. The predicted octanol–water partition coefficient (Wildman–Crippen LogP) is 1.28. The first-order chi connectivity index (χ1) is 11.6. The minimum atomic E-state index is -0.202. The van der Waals surface area contributed by atoms with E-state index in [0.717, 1.165) is 58.2 Å². The monoisotopic (exact) mass is 337 g/mol. The third-order valence-electron chi connectivity index (χ3n) is 5.90. The number of hydrogen-bond acceptors (Lipinski definition) is 4. The van der Waals surface area contributed by atoms with E-state index < -0.39 is 0 Å². The summed E-state index contributed by atoms with van der Waals surface area (Å²) in [5.41, 5.74) is 5.52. The number of piperidine rings is 1. The van der Waals surface area contributed by atoms with E-state index in [4.69, 9.17) is 10.5 Å². The zero-order valence-corrected chi connectivity index (χ0v) is 14.6. The molecule has 2 saturated heterocycles. The van der Waals surface area contributed by atoms with E-state index in [1.807, 2.05) is 4.90 Å². The van der Waals surface area contributed by atoms with Crippen molar-refractivity contribution in [1.82, 2.24) is 9.80 Å². The Balaban J connectivity index is 1.41. The largest absolute Gasteiger partial charge is 0.368 e. The van der Waals surface area contributed by atoms with Crippen molar-refractivity contribution in [2.24, 2.45) is 5.73 Å². The van der Waals surface area contributed by atoms with Crippen molar-refractivity contribution in [2.45, 2.75) is 76.0 Å². The molecule has 3 rings (SSSR count). The Morgan fingerprint density at radius 3 is 2.29 bits per heavy atom. The summed E-state index contributed by atoms with van der Waals surface area (Å²) in [6, 6.07) is 0.278. The summed E-state index contributed by atoms with van der Waals surface area (Å²) in [6.45, 7) is 2.71. The van der Waals surface area contributed by atoms with Crippen LogP contribution in [0.4, 0.5) is 0 Å². The molecule has 2 heterocycles. The van der Waals surface area contributed by atoms with Gasteiger partial charge in [-0.25, -0.2) is 0 Å². The highest BCUT2D eigenvalue weighted by molar-refractivity contribution is 5.80. The molecule has 2 amide bonds. The summed E-state index contributed by atoms with van der Waals surface area (Å²) >= 11 is 0. The molecule has 2 aliphatic heterocycles. The van der Waals surface area contributed by atoms with Gasteiger partial charge in [0.05, 0.1) is 12.1 Å². The normalized spacial score (nSPS) is 27.5. The molecule has 1 atom stereocenters. The SMILES string of the molecule is NC(=O)[C@@H]1CCCN1C1CCN(C(=O)COC2CCCCC2)CC1. The molecule has 136 valence electrons. The lowest BCUT2D eigenvalue weighted by molar-refractivity contribution is -0.140. The van der Waals surface area contributed by atoms with Crippen LogP contribution in [0.3, 0.4) is 0 Å². The molecule has 0 aromatic rings. The van der Waals surface area contributed by atoms with Crippen LogP contribution in [0.2, 0.25) is 0 Å². The molecule has 0 aromatic heterocycles. The second-order valence-electron chi connectivity index (χ2n) is 7.48. The van der Waals surface area contributed by atoms with Gasteiger partial charge in [0.1, 0.15) is 6.61 Å². The zero-order valence-electron chi connectivity index (χ0n) is 14.6. The van der Waals surface area contributed by atoms with Crippen molar-refractivity contribution in [3.8, 4) is 0 Å². The van der Waals surface area contributed by atoms with E-state index in [2.05, 4.69) is 4.90 Å². The second kappa shape index (κ2) is 8.30. The van der Waals surface area contributed by atoms with E-state index in [0.29, 0.717) is 6.04 Å². The number of nitrogens with two attached hydrogens (primary N) is 1. The summed E-state index contributed by atoms with van der Waals surface area (Å²) < 4.78 is 5.81. The summed E-state index contributed by atoms with van der Waals surface area (Å²) in [5.74, 6) is -0.0845. The summed E-state index contributed by atoms with van der Waals surface area (Å²) in [4.78, 5) is 28.1. The minimum absolute atomic E-state index is 0.105. The number of rotatable bonds is 5. The van der Waals surface area contributed by atoms with Crippen molar-refractivity contribution >= 4 is 11.8 Å². The highest BCUT2D eigenvalue weighted by Gasteiger charge is 2.36. The topological polar surface area (TPSA) is 75.9 Å². The summed E-state index contributed by atoms with van der Waals surface area (Å²) in [7, 11) is 0. The number of nitrogens with zero attached hydrogens (tertiary/aromatic N) is 2. The first-order valence-corrected chi connectivity index (χ1v) is 9.59. The average molecular weight is 337 g/mol. The molecule has 0 spiro atoms. The van der Waals surface area contributed by atoms with E-state index in [1.165, 1.54) is 19.3 Å². The minimum Gasteiger partial charge on any atom is -0.368 e. The first-order valence-electron chi connectivity index (χ1n) is 9.59. The van der Waals surface area contributed by atoms with Gasteiger partial charge in [-0.1, -0.05) is 19.3 Å². The maximum absolute atomic E-state index is 12.4. The average Bonchev–Trinajstić information content (AvgIpc) is 3.11. The maximum atomic E-state index is 12.4. The van der Waals surface area contributed by atoms with Crippen LogP contribution >= 0.6 is 0 Å². The fraction of sp³-hybridized carbons (Fsp3) is 0.889. The number of likely N-dealkylation sites (tertiary alicyclic amines) is 2.